The van der Waals surface area contributed by atoms with E-state index in [2.05, 4.69) is 20.1 Å². The molecule has 0 aliphatic carbocycles. The molecule has 0 aromatic rings. The van der Waals surface area contributed by atoms with E-state index in [-0.39, 0.29) is 0 Å². The van der Waals surface area contributed by atoms with Crippen LogP contribution in [0.3, 0.4) is 0 Å². The van der Waals surface area contributed by atoms with Crippen molar-refractivity contribution in [1.82, 2.24) is 0 Å². The molecule has 0 nitrogen and oxygen atoms in total. The zero-order chi connectivity index (χ0) is 4.28. The first kappa shape index (κ1) is 5.35. The van der Waals surface area contributed by atoms with Crippen LogP contribution in [0.25, 0.3) is 0 Å². The maximum Gasteiger partial charge on any atom is 0.00163 e. The summed E-state index contributed by atoms with van der Waals surface area (Å²) in [5, 5.41) is 0.551. The Morgan fingerprint density at radius 3 is 2.00 bits per heavy atom. The monoisotopic (exact) mass is 89.0 g/mol. The second-order valence-corrected chi connectivity index (χ2v) is 2.32. The molecule has 0 aliphatic rings. The quantitative estimate of drug-likeness (QED) is 0.470. The molecular formula is C4H9S. The molecule has 0 spiro atoms. The van der Waals surface area contributed by atoms with Crippen LogP contribution in [0.1, 0.15) is 6.92 Å². The lowest BCUT2D eigenvalue weighted by atomic mass is 10.6. The Morgan fingerprint density at radius 1 is 1.80 bits per heavy atom. The third-order valence-corrected chi connectivity index (χ3v) is 1.21. The summed E-state index contributed by atoms with van der Waals surface area (Å²) in [6.45, 7) is 5.79. The molecule has 0 N–H and O–H groups in total. The fourth-order valence-electron chi connectivity index (χ4n) is 0. The zero-order valence-corrected chi connectivity index (χ0v) is 4.51. The van der Waals surface area contributed by atoms with Gasteiger partial charge in [0.25, 0.3) is 0 Å². The summed E-state index contributed by atoms with van der Waals surface area (Å²) in [6.07, 6.45) is 2.05. The molecule has 0 aliphatic heterocycles. The number of hydrogen-bond donors (Lipinski definition) is 0. The van der Waals surface area contributed by atoms with Crippen molar-refractivity contribution in [3.05, 3.63) is 6.92 Å². The van der Waals surface area contributed by atoms with Crippen molar-refractivity contribution in [2.45, 2.75) is 12.2 Å². The molecule has 0 amide bonds. The Hall–Kier alpha value is 0.350. The van der Waals surface area contributed by atoms with Gasteiger partial charge < -0.3 is 0 Å². The van der Waals surface area contributed by atoms with E-state index < -0.39 is 0 Å². The molecule has 0 aromatic heterocycles. The van der Waals surface area contributed by atoms with Crippen molar-refractivity contribution >= 4 is 11.8 Å². The summed E-state index contributed by atoms with van der Waals surface area (Å²) in [4.78, 5) is 0. The van der Waals surface area contributed by atoms with E-state index in [1.807, 2.05) is 0 Å². The standard InChI is InChI=1S/C4H9S/c1-4(2)5-3/h4H,1H2,2-3H3/t4-/m0/s1. The van der Waals surface area contributed by atoms with Gasteiger partial charge in [-0.2, -0.15) is 11.8 Å². The minimum atomic E-state index is 0.551. The molecule has 1 radical (unpaired) electrons. The lowest BCUT2D eigenvalue weighted by Crippen LogP contribution is -1.80. The first-order chi connectivity index (χ1) is 2.27. The molecule has 0 saturated heterocycles. The van der Waals surface area contributed by atoms with E-state index in [9.17, 15) is 0 Å². The van der Waals surface area contributed by atoms with Gasteiger partial charge in [0.15, 0.2) is 0 Å². The number of hydrogen-bond acceptors (Lipinski definition) is 1. The van der Waals surface area contributed by atoms with E-state index in [1.165, 1.54) is 0 Å². The third kappa shape index (κ3) is 4.35. The first-order valence-corrected chi connectivity index (χ1v) is 2.92. The van der Waals surface area contributed by atoms with Crippen molar-refractivity contribution in [3.8, 4) is 0 Å². The van der Waals surface area contributed by atoms with Gasteiger partial charge in [-0.25, -0.2) is 0 Å². The van der Waals surface area contributed by atoms with Crippen LogP contribution >= 0.6 is 11.8 Å². The largest absolute Gasteiger partial charge is 0.162 e. The molecule has 31 valence electrons. The number of thioether (sulfide) groups is 1. The van der Waals surface area contributed by atoms with Crippen LogP contribution in [0.15, 0.2) is 0 Å². The maximum absolute atomic E-state index is 3.72. The average Bonchev–Trinajstić information content (AvgIpc) is 1.38. The van der Waals surface area contributed by atoms with Crippen LogP contribution in [0.4, 0.5) is 0 Å². The summed E-state index contributed by atoms with van der Waals surface area (Å²) < 4.78 is 0. The predicted octanol–water partition coefficient (Wildman–Crippen LogP) is 1.57. The van der Waals surface area contributed by atoms with E-state index >= 15 is 0 Å². The summed E-state index contributed by atoms with van der Waals surface area (Å²) in [6, 6.07) is 0. The van der Waals surface area contributed by atoms with Gasteiger partial charge in [-0.1, -0.05) is 6.92 Å². The van der Waals surface area contributed by atoms with Gasteiger partial charge in [-0.05, 0) is 13.2 Å². The number of rotatable bonds is 1. The third-order valence-electron chi connectivity index (χ3n) is 0.402. The summed E-state index contributed by atoms with van der Waals surface area (Å²) in [5.74, 6) is 0. The van der Waals surface area contributed by atoms with E-state index in [4.69, 9.17) is 0 Å². The second kappa shape index (κ2) is 2.58. The summed E-state index contributed by atoms with van der Waals surface area (Å²) in [7, 11) is 0. The fraction of sp³-hybridized carbons (Fsp3) is 0.750. The molecule has 0 saturated carbocycles. The van der Waals surface area contributed by atoms with Crippen LogP contribution in [-0.2, 0) is 0 Å². The van der Waals surface area contributed by atoms with Crippen LogP contribution in [0.2, 0.25) is 0 Å². The summed E-state index contributed by atoms with van der Waals surface area (Å²) in [5.41, 5.74) is 0. The van der Waals surface area contributed by atoms with E-state index in [1.54, 1.807) is 11.8 Å². The van der Waals surface area contributed by atoms with Gasteiger partial charge in [0.1, 0.15) is 0 Å². The smallest absolute Gasteiger partial charge is 0.00163 e. The van der Waals surface area contributed by atoms with Crippen molar-refractivity contribution in [3.63, 3.8) is 0 Å². The minimum absolute atomic E-state index is 0.551. The predicted molar refractivity (Wildman–Crippen MR) is 28.3 cm³/mol. The molecule has 0 fully saturated rings. The Kier molecular flexibility index (Phi) is 2.76. The van der Waals surface area contributed by atoms with Gasteiger partial charge in [-0.3, -0.25) is 0 Å². The SMILES string of the molecule is [CH2][C@@H](C)SC. The van der Waals surface area contributed by atoms with E-state index in [0.717, 1.165) is 0 Å². The van der Waals surface area contributed by atoms with Gasteiger partial charge in [-0.15, -0.1) is 0 Å². The molecule has 0 unspecified atom stereocenters. The highest BCUT2D eigenvalue weighted by Gasteiger charge is 1.80. The van der Waals surface area contributed by atoms with Gasteiger partial charge in [0.2, 0.25) is 0 Å². The lowest BCUT2D eigenvalue weighted by Gasteiger charge is -1.90. The fourth-order valence-corrected chi connectivity index (χ4v) is 0. The first-order valence-electron chi connectivity index (χ1n) is 1.63. The van der Waals surface area contributed by atoms with Gasteiger partial charge in [0, 0.05) is 5.25 Å². The zero-order valence-electron chi connectivity index (χ0n) is 3.69. The second-order valence-electron chi connectivity index (χ2n) is 1.05. The molecule has 5 heavy (non-hydrogen) atoms. The van der Waals surface area contributed by atoms with Crippen LogP contribution in [0.5, 0.6) is 0 Å². The Balaban J connectivity index is 2.54. The van der Waals surface area contributed by atoms with Crippen molar-refractivity contribution < 1.29 is 0 Å². The van der Waals surface area contributed by atoms with Crippen LogP contribution in [0, 0.1) is 6.92 Å². The average molecular weight is 89.2 g/mol. The molecule has 0 heterocycles. The highest BCUT2D eigenvalue weighted by atomic mass is 32.2. The molecule has 1 heteroatoms. The molecule has 0 aromatic carbocycles. The topological polar surface area (TPSA) is 0 Å². The minimum Gasteiger partial charge on any atom is -0.162 e. The highest BCUT2D eigenvalue weighted by Crippen LogP contribution is 1.99. The maximum atomic E-state index is 3.72. The Bertz CT molecular complexity index is 17.6. The van der Waals surface area contributed by atoms with Crippen molar-refractivity contribution in [1.29, 1.82) is 0 Å². The van der Waals surface area contributed by atoms with Crippen LogP contribution < -0.4 is 0 Å². The van der Waals surface area contributed by atoms with Crippen molar-refractivity contribution in [2.24, 2.45) is 0 Å². The normalized spacial score (nSPS) is 9.60. The molecule has 0 bridgehead atoms. The van der Waals surface area contributed by atoms with Crippen molar-refractivity contribution in [2.75, 3.05) is 6.26 Å². The van der Waals surface area contributed by atoms with Gasteiger partial charge >= 0.3 is 0 Å². The van der Waals surface area contributed by atoms with E-state index in [0.29, 0.717) is 5.25 Å². The molecular weight excluding hydrogens is 80.1 g/mol. The molecule has 0 rings (SSSR count). The summed E-state index contributed by atoms with van der Waals surface area (Å²) >= 11 is 1.77. The Morgan fingerprint density at radius 2 is 2.00 bits per heavy atom. The van der Waals surface area contributed by atoms with Gasteiger partial charge in [0.05, 0.1) is 0 Å². The van der Waals surface area contributed by atoms with Crippen LogP contribution in [-0.4, -0.2) is 11.5 Å². The lowest BCUT2D eigenvalue weighted by molar-refractivity contribution is 1.25. The highest BCUT2D eigenvalue weighted by molar-refractivity contribution is 7.99. The Labute approximate surface area is 38.0 Å². The molecule has 1 atom stereocenters.